The first kappa shape index (κ1) is 25.0. The van der Waals surface area contributed by atoms with Gasteiger partial charge in [-0.25, -0.2) is 8.78 Å². The molecule has 4 aliphatic rings. The van der Waals surface area contributed by atoms with Crippen LogP contribution in [0.3, 0.4) is 0 Å². The van der Waals surface area contributed by atoms with E-state index in [2.05, 4.69) is 9.98 Å². The van der Waals surface area contributed by atoms with Crippen molar-refractivity contribution in [1.29, 1.82) is 5.26 Å². The molecule has 4 heterocycles. The molecule has 1 aliphatic carbocycles. The van der Waals surface area contributed by atoms with Gasteiger partial charge in [0.25, 0.3) is 0 Å². The van der Waals surface area contributed by atoms with Crippen molar-refractivity contribution in [2.45, 2.75) is 36.5 Å². The lowest BCUT2D eigenvalue weighted by atomic mass is 9.73. The van der Waals surface area contributed by atoms with E-state index in [1.54, 1.807) is 13.0 Å². The first-order valence-corrected chi connectivity index (χ1v) is 13.4. The molecule has 3 atom stereocenters. The fourth-order valence-electron chi connectivity index (χ4n) is 6.19. The van der Waals surface area contributed by atoms with Crippen molar-refractivity contribution in [3.05, 3.63) is 64.7 Å². The Morgan fingerprint density at radius 1 is 1.29 bits per heavy atom. The van der Waals surface area contributed by atoms with Crippen molar-refractivity contribution in [3.63, 3.8) is 0 Å². The topological polar surface area (TPSA) is 105 Å². The number of aliphatic imine (C=N–C) groups is 1. The van der Waals surface area contributed by atoms with Crippen LogP contribution in [0.4, 0.5) is 8.78 Å². The Labute approximate surface area is 223 Å². The van der Waals surface area contributed by atoms with E-state index in [9.17, 15) is 9.18 Å². The minimum absolute atomic E-state index is 0.0445. The summed E-state index contributed by atoms with van der Waals surface area (Å²) in [6, 6.07) is 9.19. The number of carbonyl (C=O) groups is 1. The van der Waals surface area contributed by atoms with Gasteiger partial charge in [-0.1, -0.05) is 17.8 Å². The maximum absolute atomic E-state index is 15.3. The van der Waals surface area contributed by atoms with Crippen LogP contribution in [0.2, 0.25) is 0 Å². The summed E-state index contributed by atoms with van der Waals surface area (Å²) in [6.07, 6.45) is 5.03. The van der Waals surface area contributed by atoms with Crippen LogP contribution in [0.25, 0.3) is 11.9 Å². The number of halogens is 2. The molecular weight excluding hydrogens is 508 g/mol. The zero-order valence-corrected chi connectivity index (χ0v) is 21.7. The smallest absolute Gasteiger partial charge is 0.239 e. The lowest BCUT2D eigenvalue weighted by molar-refractivity contribution is -0.150. The maximum Gasteiger partial charge on any atom is 0.239 e. The number of hydrogen-bond donors (Lipinski definition) is 1. The number of hydrogen-bond acceptors (Lipinski definition) is 7. The SMILES string of the molecule is C[C@]1(c2cc(/C=C(\F)c3ccc(C#N)cn3)ccc2F)N=C(N)S[C@@]2(C(=O)N3CC4(CCOCC4)C3)C[C@H]21. The average molecular weight is 536 g/mol. The third-order valence-corrected chi connectivity index (χ3v) is 9.73. The normalized spacial score (nSPS) is 29.6. The van der Waals surface area contributed by atoms with Crippen molar-refractivity contribution in [2.24, 2.45) is 22.1 Å². The number of nitriles is 1. The van der Waals surface area contributed by atoms with E-state index >= 15 is 4.39 Å². The van der Waals surface area contributed by atoms with E-state index in [1.807, 2.05) is 11.0 Å². The van der Waals surface area contributed by atoms with Gasteiger partial charge in [-0.05, 0) is 62.1 Å². The van der Waals surface area contributed by atoms with E-state index in [4.69, 9.17) is 15.7 Å². The summed E-state index contributed by atoms with van der Waals surface area (Å²) in [5, 5.41) is 9.18. The molecular formula is C28H27F2N5O2S. The van der Waals surface area contributed by atoms with E-state index in [1.165, 1.54) is 48.3 Å². The predicted molar refractivity (Wildman–Crippen MR) is 141 cm³/mol. The highest BCUT2D eigenvalue weighted by molar-refractivity contribution is 8.15. The number of nitrogens with two attached hydrogens (primary N) is 1. The van der Waals surface area contributed by atoms with E-state index in [-0.39, 0.29) is 33.7 Å². The van der Waals surface area contributed by atoms with E-state index < -0.39 is 21.9 Å². The van der Waals surface area contributed by atoms with Gasteiger partial charge in [-0.3, -0.25) is 14.8 Å². The van der Waals surface area contributed by atoms with Gasteiger partial charge < -0.3 is 15.4 Å². The van der Waals surface area contributed by atoms with Crippen molar-refractivity contribution in [2.75, 3.05) is 26.3 Å². The van der Waals surface area contributed by atoms with Gasteiger partial charge in [0.2, 0.25) is 5.91 Å². The number of fused-ring (bicyclic) bond motifs is 1. The Morgan fingerprint density at radius 2 is 2.05 bits per heavy atom. The number of aromatic nitrogens is 1. The number of amides is 1. The van der Waals surface area contributed by atoms with Gasteiger partial charge in [0.05, 0.1) is 16.8 Å². The predicted octanol–water partition coefficient (Wildman–Crippen LogP) is 4.23. The highest BCUT2D eigenvalue weighted by atomic mass is 32.2. The Bertz CT molecular complexity index is 1410. The van der Waals surface area contributed by atoms with Crippen LogP contribution in [0.15, 0.2) is 41.5 Å². The van der Waals surface area contributed by atoms with Crippen LogP contribution in [-0.4, -0.2) is 52.0 Å². The number of amidine groups is 1. The highest BCUT2D eigenvalue weighted by Crippen LogP contribution is 2.67. The summed E-state index contributed by atoms with van der Waals surface area (Å²) in [7, 11) is 0. The van der Waals surface area contributed by atoms with Gasteiger partial charge in [-0.2, -0.15) is 5.26 Å². The second-order valence-corrected chi connectivity index (χ2v) is 12.2. The third kappa shape index (κ3) is 4.00. The Balaban J connectivity index is 1.27. The van der Waals surface area contributed by atoms with E-state index in [0.29, 0.717) is 17.5 Å². The Morgan fingerprint density at radius 3 is 2.74 bits per heavy atom. The van der Waals surface area contributed by atoms with Crippen molar-refractivity contribution >= 4 is 34.7 Å². The number of benzene rings is 1. The van der Waals surface area contributed by atoms with Gasteiger partial charge in [-0.15, -0.1) is 0 Å². The molecule has 0 radical (unpaired) electrons. The van der Waals surface area contributed by atoms with Crippen molar-refractivity contribution in [1.82, 2.24) is 9.88 Å². The number of rotatable bonds is 4. The van der Waals surface area contributed by atoms with Crippen LogP contribution >= 0.6 is 11.8 Å². The van der Waals surface area contributed by atoms with Crippen molar-refractivity contribution < 1.29 is 18.3 Å². The molecule has 2 saturated heterocycles. The second kappa shape index (κ2) is 8.89. The van der Waals surface area contributed by atoms with Crippen LogP contribution < -0.4 is 5.73 Å². The number of pyridine rings is 1. The molecule has 38 heavy (non-hydrogen) atoms. The van der Waals surface area contributed by atoms with Crippen LogP contribution in [0.5, 0.6) is 0 Å². The van der Waals surface area contributed by atoms with Gasteiger partial charge in [0.15, 0.2) is 5.17 Å². The summed E-state index contributed by atoms with van der Waals surface area (Å²) >= 11 is 1.29. The summed E-state index contributed by atoms with van der Waals surface area (Å²) in [4.78, 5) is 24.3. The third-order valence-electron chi connectivity index (χ3n) is 8.44. The average Bonchev–Trinajstić information content (AvgIpc) is 3.65. The molecule has 0 unspecified atom stereocenters. The van der Waals surface area contributed by atoms with Gasteiger partial charge >= 0.3 is 0 Å². The molecule has 1 aromatic carbocycles. The van der Waals surface area contributed by atoms with Crippen LogP contribution in [-0.2, 0) is 15.1 Å². The Kier molecular flexibility index (Phi) is 5.85. The minimum atomic E-state index is -1.07. The fraction of sp³-hybridized carbons (Fsp3) is 0.429. The molecule has 1 aromatic heterocycles. The molecule has 10 heteroatoms. The number of ether oxygens (including phenoxy) is 1. The summed E-state index contributed by atoms with van der Waals surface area (Å²) in [5.41, 5.74) is 6.44. The summed E-state index contributed by atoms with van der Waals surface area (Å²) in [5.74, 6) is -1.29. The zero-order valence-electron chi connectivity index (χ0n) is 20.9. The lowest BCUT2D eigenvalue weighted by Crippen LogP contribution is -2.63. The molecule has 1 amide bonds. The van der Waals surface area contributed by atoms with Crippen molar-refractivity contribution in [3.8, 4) is 6.07 Å². The minimum Gasteiger partial charge on any atom is -0.381 e. The van der Waals surface area contributed by atoms with Gasteiger partial charge in [0.1, 0.15) is 22.5 Å². The molecule has 3 aliphatic heterocycles. The zero-order chi connectivity index (χ0) is 26.7. The second-order valence-electron chi connectivity index (χ2n) is 10.9. The molecule has 3 fully saturated rings. The molecule has 1 saturated carbocycles. The Hall–Kier alpha value is -3.29. The molecule has 7 nitrogen and oxygen atoms in total. The molecule has 6 rings (SSSR count). The first-order valence-electron chi connectivity index (χ1n) is 12.6. The maximum atomic E-state index is 15.3. The summed E-state index contributed by atoms with van der Waals surface area (Å²) < 4.78 is 35.0. The number of thioether (sulfide) groups is 1. The number of nitrogens with zero attached hydrogens (tertiary/aromatic N) is 4. The standard InChI is InChI=1S/C28H27F2N5O2S/c1-26(19-10-17(2-4-20(19)29)11-21(30)22-5-3-18(13-31)14-33-22)23-12-28(23,38-25(32)34-26)24(36)35-15-27(16-35)6-8-37-9-7-27/h2-5,10-11,14,23H,6-9,12,15-16H2,1H3,(H2,32,34)/b21-11-/t23-,26+,28-/m0/s1. The lowest BCUT2D eigenvalue weighted by Gasteiger charge is -2.53. The largest absolute Gasteiger partial charge is 0.381 e. The van der Waals surface area contributed by atoms with E-state index in [0.717, 1.165) is 39.1 Å². The number of carbonyl (C=O) groups excluding carboxylic acids is 1. The quantitative estimate of drug-likeness (QED) is 0.628. The van der Waals surface area contributed by atoms with Crippen LogP contribution in [0.1, 0.15) is 48.6 Å². The number of likely N-dealkylation sites (tertiary alicyclic amines) is 1. The van der Waals surface area contributed by atoms with Gasteiger partial charge in [0, 0.05) is 49.4 Å². The molecule has 1 spiro atoms. The summed E-state index contributed by atoms with van der Waals surface area (Å²) in [6.45, 7) is 4.70. The molecule has 0 bridgehead atoms. The van der Waals surface area contributed by atoms with Crippen LogP contribution in [0, 0.1) is 28.5 Å². The highest BCUT2D eigenvalue weighted by Gasteiger charge is 2.72. The molecule has 2 aromatic rings. The fourth-order valence-corrected chi connectivity index (χ4v) is 7.64. The first-order chi connectivity index (χ1) is 18.2. The molecule has 2 N–H and O–H groups in total. The monoisotopic (exact) mass is 535 g/mol. The molecule has 196 valence electrons.